The van der Waals surface area contributed by atoms with Crippen molar-refractivity contribution in [1.29, 1.82) is 0 Å². The summed E-state index contributed by atoms with van der Waals surface area (Å²) in [5, 5.41) is 3.06. The molecule has 1 heterocycles. The number of anilines is 1. The van der Waals surface area contributed by atoms with E-state index in [1.807, 2.05) is 13.8 Å². The third-order valence-corrected chi connectivity index (χ3v) is 1.78. The molecule has 0 bridgehead atoms. The first-order valence-corrected chi connectivity index (χ1v) is 4.49. The molecule has 1 aliphatic rings. The van der Waals surface area contributed by atoms with Crippen LogP contribution in [0.1, 0.15) is 19.4 Å². The summed E-state index contributed by atoms with van der Waals surface area (Å²) < 4.78 is 12.6. The largest absolute Gasteiger partial charge is 0.359 e. The summed E-state index contributed by atoms with van der Waals surface area (Å²) in [5.41, 5.74) is 2.91. The fourth-order valence-corrected chi connectivity index (χ4v) is 1.30. The molecule has 0 saturated heterocycles. The monoisotopic (exact) mass is 179 g/mol. The molecule has 0 aromatic heterocycles. The van der Waals surface area contributed by atoms with Crippen molar-refractivity contribution in [2.45, 2.75) is 20.3 Å². The van der Waals surface area contributed by atoms with Crippen LogP contribution >= 0.6 is 0 Å². The third kappa shape index (κ3) is 2.08. The lowest BCUT2D eigenvalue weighted by Crippen LogP contribution is -1.86. The first-order chi connectivity index (χ1) is 6.25. The zero-order chi connectivity index (χ0) is 9.84. The van der Waals surface area contributed by atoms with Gasteiger partial charge in [0, 0.05) is 17.8 Å². The molecule has 0 unspecified atom stereocenters. The van der Waals surface area contributed by atoms with Gasteiger partial charge in [-0.25, -0.2) is 4.39 Å². The Hall–Kier alpha value is -1.31. The number of rotatable bonds is 0. The Kier molecular flexibility index (Phi) is 3.07. The minimum Gasteiger partial charge on any atom is -0.359 e. The highest BCUT2D eigenvalue weighted by atomic mass is 19.1. The Balaban J connectivity index is 0.000000396. The van der Waals surface area contributed by atoms with Gasteiger partial charge < -0.3 is 5.32 Å². The van der Waals surface area contributed by atoms with Crippen LogP contribution in [0.3, 0.4) is 0 Å². The number of nitrogens with one attached hydrogen (secondary N) is 1. The SMILES string of the molecule is C=C1Cc2cc(F)ccc2N1.CC. The summed E-state index contributed by atoms with van der Waals surface area (Å²) in [6, 6.07) is 4.73. The molecular formula is C11H14FN. The van der Waals surface area contributed by atoms with Gasteiger partial charge in [-0.2, -0.15) is 0 Å². The summed E-state index contributed by atoms with van der Waals surface area (Å²) in [6.45, 7) is 7.76. The number of hydrogen-bond donors (Lipinski definition) is 1. The summed E-state index contributed by atoms with van der Waals surface area (Å²) >= 11 is 0. The number of hydrogen-bond acceptors (Lipinski definition) is 1. The van der Waals surface area contributed by atoms with Crippen LogP contribution in [0.2, 0.25) is 0 Å². The molecule has 1 N–H and O–H groups in total. The van der Waals surface area contributed by atoms with Crippen molar-refractivity contribution in [3.05, 3.63) is 41.9 Å². The maximum Gasteiger partial charge on any atom is 0.123 e. The Morgan fingerprint density at radius 2 is 2.08 bits per heavy atom. The second kappa shape index (κ2) is 4.08. The lowest BCUT2D eigenvalue weighted by molar-refractivity contribution is 0.627. The van der Waals surface area contributed by atoms with Gasteiger partial charge in [-0.1, -0.05) is 20.4 Å². The second-order valence-electron chi connectivity index (χ2n) is 2.71. The lowest BCUT2D eigenvalue weighted by atomic mass is 10.1. The van der Waals surface area contributed by atoms with Gasteiger partial charge in [0.2, 0.25) is 0 Å². The normalized spacial score (nSPS) is 12.7. The van der Waals surface area contributed by atoms with Gasteiger partial charge in [-0.15, -0.1) is 0 Å². The highest BCUT2D eigenvalue weighted by Gasteiger charge is 2.12. The Morgan fingerprint density at radius 1 is 1.38 bits per heavy atom. The highest BCUT2D eigenvalue weighted by Crippen LogP contribution is 2.26. The van der Waals surface area contributed by atoms with E-state index in [-0.39, 0.29) is 5.82 Å². The molecule has 1 aliphatic heterocycles. The van der Waals surface area contributed by atoms with Crippen molar-refractivity contribution >= 4 is 5.69 Å². The maximum atomic E-state index is 12.6. The zero-order valence-corrected chi connectivity index (χ0v) is 8.02. The molecule has 2 rings (SSSR count). The molecule has 0 radical (unpaired) electrons. The number of fused-ring (bicyclic) bond motifs is 1. The van der Waals surface area contributed by atoms with Crippen molar-refractivity contribution in [2.24, 2.45) is 0 Å². The molecule has 0 spiro atoms. The number of allylic oxidation sites excluding steroid dienone is 1. The predicted octanol–water partition coefficient (Wildman–Crippen LogP) is 3.33. The molecule has 0 fully saturated rings. The molecule has 70 valence electrons. The topological polar surface area (TPSA) is 12.0 Å². The fraction of sp³-hybridized carbons (Fsp3) is 0.273. The van der Waals surface area contributed by atoms with Crippen LogP contribution in [0.5, 0.6) is 0 Å². The van der Waals surface area contributed by atoms with E-state index in [0.29, 0.717) is 0 Å². The Morgan fingerprint density at radius 3 is 2.77 bits per heavy atom. The van der Waals surface area contributed by atoms with Gasteiger partial charge in [-0.3, -0.25) is 0 Å². The first-order valence-electron chi connectivity index (χ1n) is 4.49. The van der Waals surface area contributed by atoms with Crippen LogP contribution in [0.4, 0.5) is 10.1 Å². The summed E-state index contributed by atoms with van der Waals surface area (Å²) in [4.78, 5) is 0. The van der Waals surface area contributed by atoms with Gasteiger partial charge in [0.1, 0.15) is 5.82 Å². The van der Waals surface area contributed by atoms with E-state index in [2.05, 4.69) is 11.9 Å². The van der Waals surface area contributed by atoms with Crippen LogP contribution in [-0.2, 0) is 6.42 Å². The Bertz CT molecular complexity index is 318. The van der Waals surface area contributed by atoms with E-state index in [9.17, 15) is 4.39 Å². The molecule has 0 amide bonds. The van der Waals surface area contributed by atoms with Crippen molar-refractivity contribution in [3.8, 4) is 0 Å². The van der Waals surface area contributed by atoms with E-state index in [1.54, 1.807) is 12.1 Å². The highest BCUT2D eigenvalue weighted by molar-refractivity contribution is 5.61. The van der Waals surface area contributed by atoms with Crippen LogP contribution in [-0.4, -0.2) is 0 Å². The van der Waals surface area contributed by atoms with Gasteiger partial charge in [-0.05, 0) is 23.8 Å². The van der Waals surface area contributed by atoms with Crippen LogP contribution in [0, 0.1) is 5.82 Å². The van der Waals surface area contributed by atoms with E-state index >= 15 is 0 Å². The van der Waals surface area contributed by atoms with Crippen LogP contribution in [0.15, 0.2) is 30.5 Å². The molecular weight excluding hydrogens is 165 g/mol. The van der Waals surface area contributed by atoms with E-state index < -0.39 is 0 Å². The summed E-state index contributed by atoms with van der Waals surface area (Å²) in [7, 11) is 0. The predicted molar refractivity (Wildman–Crippen MR) is 54.2 cm³/mol. The smallest absolute Gasteiger partial charge is 0.123 e. The standard InChI is InChI=1S/C9H8FN.C2H6/c1-6-4-7-5-8(10)2-3-9(7)11-6;1-2/h2-3,5,11H,1,4H2;1-2H3. The molecule has 0 aliphatic carbocycles. The summed E-state index contributed by atoms with van der Waals surface area (Å²) in [6.07, 6.45) is 0.743. The number of halogens is 1. The molecule has 2 heteroatoms. The average molecular weight is 179 g/mol. The van der Waals surface area contributed by atoms with Crippen LogP contribution < -0.4 is 5.32 Å². The van der Waals surface area contributed by atoms with E-state index in [4.69, 9.17) is 0 Å². The van der Waals surface area contributed by atoms with Gasteiger partial charge in [0.05, 0.1) is 0 Å². The minimum absolute atomic E-state index is 0.180. The van der Waals surface area contributed by atoms with Gasteiger partial charge in [0.15, 0.2) is 0 Å². The van der Waals surface area contributed by atoms with Crippen molar-refractivity contribution < 1.29 is 4.39 Å². The molecule has 1 aromatic rings. The molecule has 0 saturated carbocycles. The molecule has 1 nitrogen and oxygen atoms in total. The average Bonchev–Trinajstić information content (AvgIpc) is 2.48. The third-order valence-electron chi connectivity index (χ3n) is 1.78. The Labute approximate surface area is 78.3 Å². The van der Waals surface area contributed by atoms with E-state index in [1.165, 1.54) is 6.07 Å². The van der Waals surface area contributed by atoms with E-state index in [0.717, 1.165) is 23.4 Å². The molecule has 13 heavy (non-hydrogen) atoms. The first kappa shape index (κ1) is 9.78. The summed E-state index contributed by atoms with van der Waals surface area (Å²) in [5.74, 6) is -0.180. The van der Waals surface area contributed by atoms with Crippen molar-refractivity contribution in [2.75, 3.05) is 5.32 Å². The zero-order valence-electron chi connectivity index (χ0n) is 8.02. The molecule has 0 atom stereocenters. The number of benzene rings is 1. The van der Waals surface area contributed by atoms with Gasteiger partial charge in [0.25, 0.3) is 0 Å². The minimum atomic E-state index is -0.180. The quantitative estimate of drug-likeness (QED) is 0.644. The fourth-order valence-electron chi connectivity index (χ4n) is 1.30. The molecule has 1 aromatic carbocycles. The maximum absolute atomic E-state index is 12.6. The second-order valence-corrected chi connectivity index (χ2v) is 2.71. The lowest BCUT2D eigenvalue weighted by Gasteiger charge is -1.96. The van der Waals surface area contributed by atoms with Crippen LogP contribution in [0.25, 0.3) is 0 Å². The van der Waals surface area contributed by atoms with Crippen molar-refractivity contribution in [1.82, 2.24) is 0 Å². The van der Waals surface area contributed by atoms with Crippen molar-refractivity contribution in [3.63, 3.8) is 0 Å². The van der Waals surface area contributed by atoms with Gasteiger partial charge >= 0.3 is 0 Å².